The molecular weight excluding hydrogens is 520 g/mol. The smallest absolute Gasteiger partial charge is 0.410 e. The second kappa shape index (κ2) is 10.0. The Morgan fingerprint density at radius 2 is 0.825 bits per heavy atom. The number of likely N-dealkylation sites (tertiary alicyclic amines) is 4. The maximum atomic E-state index is 12.0. The highest BCUT2D eigenvalue weighted by Crippen LogP contribution is 2.42. The number of carbonyl (C=O) groups excluding carboxylic acids is 4. The molecule has 0 aromatic rings. The maximum Gasteiger partial charge on any atom is 0.410 e. The fraction of sp³-hybridized carbons (Fsp3) is 0.857. The first-order valence-corrected chi connectivity index (χ1v) is 14.3. The first-order chi connectivity index (χ1) is 18.6. The molecule has 6 aliphatic heterocycles. The lowest BCUT2D eigenvalue weighted by atomic mass is 9.72. The lowest BCUT2D eigenvalue weighted by Crippen LogP contribution is -2.74. The Labute approximate surface area is 236 Å². The van der Waals surface area contributed by atoms with Crippen LogP contribution in [0, 0.1) is 22.7 Å². The molecule has 0 atom stereocenters. The highest BCUT2D eigenvalue weighted by molar-refractivity contribution is 5.82. The monoisotopic (exact) mass is 564 g/mol. The second-order valence-corrected chi connectivity index (χ2v) is 14.5. The van der Waals surface area contributed by atoms with E-state index < -0.39 is 11.2 Å². The molecule has 0 aromatic heterocycles. The molecular formula is C28H44N4O8. The molecule has 6 saturated heterocycles. The molecule has 0 unspecified atom stereocenters. The summed E-state index contributed by atoms with van der Waals surface area (Å²) in [6, 6.07) is 0. The van der Waals surface area contributed by atoms with Crippen molar-refractivity contribution in [3.8, 4) is 0 Å². The van der Waals surface area contributed by atoms with Gasteiger partial charge in [0.05, 0.1) is 38.3 Å². The van der Waals surface area contributed by atoms with Crippen LogP contribution in [0.1, 0.15) is 41.5 Å². The fourth-order valence-corrected chi connectivity index (χ4v) is 5.95. The number of hydrogen-bond donors (Lipinski definition) is 0. The van der Waals surface area contributed by atoms with Gasteiger partial charge in [-0.3, -0.25) is 9.59 Å². The summed E-state index contributed by atoms with van der Waals surface area (Å²) in [6.07, 6.45) is -0.499. The van der Waals surface area contributed by atoms with Crippen LogP contribution in [0.2, 0.25) is 0 Å². The van der Waals surface area contributed by atoms with Crippen LogP contribution in [0.4, 0.5) is 9.59 Å². The number of nitrogens with zero attached hydrogens (tertiary/aromatic N) is 4. The van der Waals surface area contributed by atoms with Gasteiger partial charge in [0, 0.05) is 63.2 Å². The second-order valence-electron chi connectivity index (χ2n) is 14.5. The average Bonchev–Trinajstić information content (AvgIpc) is 2.58. The van der Waals surface area contributed by atoms with Gasteiger partial charge >= 0.3 is 12.2 Å². The number of carbonyl (C=O) groups is 4. The SMILES string of the molecule is CC(C)(C)OC(=O)N1CC2(C1)CN(C(=O)C1COC1)C2.CC(C)(C)OC(=O)N1CC2(C1)CN(C(=O)C1COC1)C2. The third-order valence-corrected chi connectivity index (χ3v) is 8.11. The molecule has 0 aliphatic carbocycles. The fourth-order valence-electron chi connectivity index (χ4n) is 5.95. The minimum Gasteiger partial charge on any atom is -0.444 e. The van der Waals surface area contributed by atoms with Gasteiger partial charge < -0.3 is 38.5 Å². The summed E-state index contributed by atoms with van der Waals surface area (Å²) in [5, 5.41) is 0. The predicted octanol–water partition coefficient (Wildman–Crippen LogP) is 1.42. The first-order valence-electron chi connectivity index (χ1n) is 14.3. The van der Waals surface area contributed by atoms with Crippen molar-refractivity contribution in [3.05, 3.63) is 0 Å². The Morgan fingerprint density at radius 1 is 0.550 bits per heavy atom. The van der Waals surface area contributed by atoms with E-state index in [0.717, 1.165) is 26.2 Å². The van der Waals surface area contributed by atoms with Gasteiger partial charge in [-0.15, -0.1) is 0 Å². The van der Waals surface area contributed by atoms with Gasteiger partial charge in [0.15, 0.2) is 0 Å². The van der Waals surface area contributed by atoms with E-state index in [9.17, 15) is 19.2 Å². The van der Waals surface area contributed by atoms with E-state index in [1.54, 1.807) is 9.80 Å². The molecule has 6 fully saturated rings. The zero-order valence-corrected chi connectivity index (χ0v) is 24.7. The van der Waals surface area contributed by atoms with Crippen molar-refractivity contribution in [2.45, 2.75) is 52.7 Å². The zero-order chi connectivity index (χ0) is 29.1. The van der Waals surface area contributed by atoms with Gasteiger partial charge in [-0.25, -0.2) is 9.59 Å². The third-order valence-electron chi connectivity index (χ3n) is 8.11. The molecule has 12 nitrogen and oxygen atoms in total. The summed E-state index contributed by atoms with van der Waals surface area (Å²) in [7, 11) is 0. The first kappa shape index (κ1) is 28.9. The van der Waals surface area contributed by atoms with E-state index in [2.05, 4.69) is 0 Å². The van der Waals surface area contributed by atoms with E-state index in [1.165, 1.54) is 0 Å². The number of hydrogen-bond acceptors (Lipinski definition) is 8. The minimum atomic E-state index is -0.453. The predicted molar refractivity (Wildman–Crippen MR) is 142 cm³/mol. The van der Waals surface area contributed by atoms with Gasteiger partial charge in [0.2, 0.25) is 11.8 Å². The molecule has 0 bridgehead atoms. The third kappa shape index (κ3) is 6.02. The molecule has 6 aliphatic rings. The van der Waals surface area contributed by atoms with E-state index in [1.807, 2.05) is 51.3 Å². The van der Waals surface area contributed by atoms with Crippen molar-refractivity contribution in [2.24, 2.45) is 22.7 Å². The van der Waals surface area contributed by atoms with Crippen molar-refractivity contribution in [2.75, 3.05) is 78.8 Å². The Morgan fingerprint density at radius 3 is 1.05 bits per heavy atom. The molecule has 224 valence electrons. The van der Waals surface area contributed by atoms with Gasteiger partial charge in [-0.1, -0.05) is 0 Å². The van der Waals surface area contributed by atoms with Crippen LogP contribution in [0.5, 0.6) is 0 Å². The van der Waals surface area contributed by atoms with Crippen molar-refractivity contribution in [3.63, 3.8) is 0 Å². The van der Waals surface area contributed by atoms with Crippen LogP contribution in [-0.2, 0) is 28.5 Å². The van der Waals surface area contributed by atoms with E-state index in [0.29, 0.717) is 52.6 Å². The molecule has 0 saturated carbocycles. The van der Waals surface area contributed by atoms with Crippen molar-refractivity contribution >= 4 is 24.0 Å². The van der Waals surface area contributed by atoms with E-state index in [4.69, 9.17) is 18.9 Å². The van der Waals surface area contributed by atoms with Crippen LogP contribution >= 0.6 is 0 Å². The lowest BCUT2D eigenvalue weighted by Gasteiger charge is -2.60. The van der Waals surface area contributed by atoms with Crippen LogP contribution in [-0.4, -0.2) is 134 Å². The minimum absolute atomic E-state index is 0.0642. The number of amides is 4. The summed E-state index contributed by atoms with van der Waals surface area (Å²) < 4.78 is 20.8. The van der Waals surface area contributed by atoms with Crippen LogP contribution in [0.15, 0.2) is 0 Å². The summed E-state index contributed by atoms with van der Waals surface area (Å²) in [4.78, 5) is 54.9. The normalized spacial score (nSPS) is 24.8. The van der Waals surface area contributed by atoms with Gasteiger partial charge in [0.25, 0.3) is 0 Å². The molecule has 2 spiro atoms. The largest absolute Gasteiger partial charge is 0.444 e. The lowest BCUT2D eigenvalue weighted by molar-refractivity contribution is -0.173. The van der Waals surface area contributed by atoms with Gasteiger partial charge in [-0.2, -0.15) is 0 Å². The molecule has 0 radical (unpaired) electrons. The highest BCUT2D eigenvalue weighted by Gasteiger charge is 2.57. The molecule has 0 aromatic carbocycles. The number of rotatable bonds is 2. The molecule has 40 heavy (non-hydrogen) atoms. The summed E-state index contributed by atoms with van der Waals surface area (Å²) >= 11 is 0. The summed E-state index contributed by atoms with van der Waals surface area (Å²) in [6.45, 7) is 19.3. The Kier molecular flexibility index (Phi) is 7.26. The topological polar surface area (TPSA) is 118 Å². The van der Waals surface area contributed by atoms with E-state index >= 15 is 0 Å². The Balaban J connectivity index is 0.000000161. The maximum absolute atomic E-state index is 12.0. The molecule has 4 amide bonds. The number of ether oxygens (including phenoxy) is 4. The average molecular weight is 565 g/mol. The van der Waals surface area contributed by atoms with Crippen molar-refractivity contribution in [1.29, 1.82) is 0 Å². The Hall–Kier alpha value is -2.60. The summed E-state index contributed by atoms with van der Waals surface area (Å²) in [5.41, 5.74) is -0.661. The summed E-state index contributed by atoms with van der Waals surface area (Å²) in [5.74, 6) is 0.541. The zero-order valence-electron chi connectivity index (χ0n) is 24.7. The highest BCUT2D eigenvalue weighted by atomic mass is 16.6. The Bertz CT molecular complexity index is 932. The van der Waals surface area contributed by atoms with Crippen molar-refractivity contribution in [1.82, 2.24) is 19.6 Å². The molecule has 12 heteroatoms. The van der Waals surface area contributed by atoms with Crippen LogP contribution in [0.25, 0.3) is 0 Å². The molecule has 6 rings (SSSR count). The van der Waals surface area contributed by atoms with E-state index in [-0.39, 0.29) is 46.7 Å². The van der Waals surface area contributed by atoms with Crippen LogP contribution in [0.3, 0.4) is 0 Å². The quantitative estimate of drug-likeness (QED) is 0.494. The standard InChI is InChI=1S/2C14H22N2O4/c2*1-13(2,3)20-12(18)16-8-14(9-16)6-15(7-14)11(17)10-4-19-5-10/h2*10H,4-9H2,1-3H3. The van der Waals surface area contributed by atoms with Gasteiger partial charge in [0.1, 0.15) is 11.2 Å². The molecule has 6 heterocycles. The van der Waals surface area contributed by atoms with Crippen LogP contribution < -0.4 is 0 Å². The van der Waals surface area contributed by atoms with Gasteiger partial charge in [-0.05, 0) is 41.5 Å². The van der Waals surface area contributed by atoms with Crippen molar-refractivity contribution < 1.29 is 38.1 Å². The molecule has 0 N–H and O–H groups in total.